The van der Waals surface area contributed by atoms with Crippen LogP contribution in [0.4, 0.5) is 5.82 Å². The Morgan fingerprint density at radius 1 is 1.20 bits per heavy atom. The number of aryl methyl sites for hydroxylation is 1. The zero-order valence-electron chi connectivity index (χ0n) is 20.7. The molecule has 156 valence electrons. The summed E-state index contributed by atoms with van der Waals surface area (Å²) in [5.41, 5.74) is 1.22. The highest BCUT2D eigenvalue weighted by atomic mass is 16.6. The molecule has 0 amide bonds. The summed E-state index contributed by atoms with van der Waals surface area (Å²) in [5.74, 6) is 1.45. The summed E-state index contributed by atoms with van der Waals surface area (Å²) in [6.07, 6.45) is 2.80. The lowest BCUT2D eigenvalue weighted by Crippen LogP contribution is -2.45. The van der Waals surface area contributed by atoms with E-state index in [9.17, 15) is 4.79 Å². The monoisotopic (exact) mass is 412 g/mol. The fourth-order valence-corrected chi connectivity index (χ4v) is 3.95. The molecule has 2 atom stereocenters. The lowest BCUT2D eigenvalue weighted by molar-refractivity contribution is 0.149. The SMILES string of the molecule is [2H]C1([2H])Oc2ccc(O[C@H]3CCN(c4nn5c(=O)ccnc5cc4C)[C@H](C)C3)cc2OC1([2H])[2H]. The number of hydrogen-bond donors (Lipinski definition) is 0. The molecule has 0 saturated carbocycles. The Morgan fingerprint density at radius 2 is 2.03 bits per heavy atom. The maximum absolute atomic E-state index is 12.2. The summed E-state index contributed by atoms with van der Waals surface area (Å²) in [6, 6.07) is 8.03. The minimum Gasteiger partial charge on any atom is -0.490 e. The average Bonchev–Trinajstić information content (AvgIpc) is 2.75. The molecule has 1 fully saturated rings. The van der Waals surface area contributed by atoms with Crippen LogP contribution in [-0.2, 0) is 0 Å². The van der Waals surface area contributed by atoms with E-state index < -0.39 is 13.1 Å². The van der Waals surface area contributed by atoms with E-state index in [1.807, 2.05) is 13.0 Å². The Balaban J connectivity index is 1.31. The number of piperidine rings is 1. The summed E-state index contributed by atoms with van der Waals surface area (Å²) in [4.78, 5) is 18.6. The van der Waals surface area contributed by atoms with Gasteiger partial charge in [0.2, 0.25) is 0 Å². The molecule has 8 heteroatoms. The molecule has 2 aromatic heterocycles. The van der Waals surface area contributed by atoms with Crippen LogP contribution in [0.3, 0.4) is 0 Å². The van der Waals surface area contributed by atoms with Crippen molar-refractivity contribution in [2.45, 2.75) is 38.8 Å². The third-order valence-electron chi connectivity index (χ3n) is 5.42. The van der Waals surface area contributed by atoms with Crippen molar-refractivity contribution in [3.05, 3.63) is 52.4 Å². The second-order valence-electron chi connectivity index (χ2n) is 7.53. The van der Waals surface area contributed by atoms with Gasteiger partial charge in [-0.3, -0.25) is 4.79 Å². The second-order valence-corrected chi connectivity index (χ2v) is 7.53. The van der Waals surface area contributed by atoms with Gasteiger partial charge in [0.1, 0.15) is 25.0 Å². The number of rotatable bonds is 3. The van der Waals surface area contributed by atoms with Crippen LogP contribution in [0.25, 0.3) is 5.65 Å². The van der Waals surface area contributed by atoms with Crippen molar-refractivity contribution < 1.29 is 19.7 Å². The standard InChI is InChI=1S/C22H24N4O4/c1-14-11-20-23-7-5-21(27)26(20)24-22(14)25-8-6-17(12-15(25)2)30-16-3-4-18-19(13-16)29-10-9-28-18/h3-5,7,11,13,15,17H,6,8-10,12H2,1-2H3/t15-,17+/m1/s1/i9D2,10D2. The van der Waals surface area contributed by atoms with Crippen molar-refractivity contribution in [3.63, 3.8) is 0 Å². The zero-order valence-corrected chi connectivity index (χ0v) is 16.7. The summed E-state index contributed by atoms with van der Waals surface area (Å²) in [5, 5.41) is 4.56. The number of anilines is 1. The molecule has 3 aromatic rings. The number of nitrogens with zero attached hydrogens (tertiary/aromatic N) is 4. The van der Waals surface area contributed by atoms with Crippen LogP contribution in [0, 0.1) is 6.92 Å². The summed E-state index contributed by atoms with van der Waals surface area (Å²) >= 11 is 0. The predicted octanol–water partition coefficient (Wildman–Crippen LogP) is 2.61. The van der Waals surface area contributed by atoms with E-state index in [1.165, 1.54) is 28.9 Å². The van der Waals surface area contributed by atoms with Crippen molar-refractivity contribution in [1.82, 2.24) is 14.6 Å². The molecule has 8 nitrogen and oxygen atoms in total. The molecule has 0 spiro atoms. The second kappa shape index (κ2) is 7.51. The van der Waals surface area contributed by atoms with Gasteiger partial charge in [0.05, 0.1) is 5.48 Å². The number of aromatic nitrogens is 3. The largest absolute Gasteiger partial charge is 0.490 e. The first-order chi connectivity index (χ1) is 16.0. The topological polar surface area (TPSA) is 78.2 Å². The highest BCUT2D eigenvalue weighted by Gasteiger charge is 2.29. The molecule has 1 saturated heterocycles. The number of fused-ring (bicyclic) bond motifs is 2. The van der Waals surface area contributed by atoms with Crippen molar-refractivity contribution in [2.24, 2.45) is 0 Å². The van der Waals surface area contributed by atoms with Gasteiger partial charge in [0, 0.05) is 43.8 Å². The van der Waals surface area contributed by atoms with Crippen LogP contribution in [-0.4, -0.2) is 46.4 Å². The Bertz CT molecular complexity index is 1320. The van der Waals surface area contributed by atoms with E-state index in [0.717, 1.165) is 11.4 Å². The van der Waals surface area contributed by atoms with E-state index >= 15 is 0 Å². The van der Waals surface area contributed by atoms with E-state index in [-0.39, 0.29) is 29.2 Å². The Labute approximate surface area is 179 Å². The molecule has 4 heterocycles. The molecule has 0 unspecified atom stereocenters. The van der Waals surface area contributed by atoms with Gasteiger partial charge in [-0.2, -0.15) is 4.52 Å². The minimum atomic E-state index is -2.62. The van der Waals surface area contributed by atoms with Gasteiger partial charge in [0.15, 0.2) is 23.0 Å². The molecular weight excluding hydrogens is 384 g/mol. The Morgan fingerprint density at radius 3 is 2.87 bits per heavy atom. The third kappa shape index (κ3) is 3.42. The van der Waals surface area contributed by atoms with Crippen molar-refractivity contribution in [1.29, 1.82) is 0 Å². The Kier molecular flexibility index (Phi) is 3.67. The normalized spacial score (nSPS) is 26.3. The molecular formula is C22H24N4O4. The maximum atomic E-state index is 12.2. The fraction of sp³-hybridized carbons (Fsp3) is 0.409. The average molecular weight is 412 g/mol. The van der Waals surface area contributed by atoms with E-state index in [4.69, 9.17) is 19.7 Å². The summed E-state index contributed by atoms with van der Waals surface area (Å²) < 4.78 is 48.7. The quantitative estimate of drug-likeness (QED) is 0.654. The fourth-order valence-electron chi connectivity index (χ4n) is 3.95. The minimum absolute atomic E-state index is 0.0911. The molecule has 5 rings (SSSR count). The van der Waals surface area contributed by atoms with E-state index in [1.54, 1.807) is 6.07 Å². The van der Waals surface area contributed by atoms with Crippen LogP contribution in [0.15, 0.2) is 41.3 Å². The number of benzene rings is 1. The summed E-state index contributed by atoms with van der Waals surface area (Å²) in [6.45, 7) is -0.519. The smallest absolute Gasteiger partial charge is 0.274 e. The van der Waals surface area contributed by atoms with Gasteiger partial charge in [-0.15, -0.1) is 5.10 Å². The van der Waals surface area contributed by atoms with Crippen molar-refractivity contribution in [3.8, 4) is 17.2 Å². The van der Waals surface area contributed by atoms with Crippen LogP contribution in [0.5, 0.6) is 17.2 Å². The van der Waals surface area contributed by atoms with Gasteiger partial charge in [-0.1, -0.05) is 0 Å². The number of hydrogen-bond acceptors (Lipinski definition) is 7. The zero-order chi connectivity index (χ0) is 24.3. The maximum Gasteiger partial charge on any atom is 0.274 e. The van der Waals surface area contributed by atoms with Crippen LogP contribution < -0.4 is 24.7 Å². The number of ether oxygens (including phenoxy) is 3. The summed E-state index contributed by atoms with van der Waals surface area (Å²) in [7, 11) is 0. The van der Waals surface area contributed by atoms with E-state index in [0.29, 0.717) is 30.8 Å². The first-order valence-corrected chi connectivity index (χ1v) is 9.85. The molecule has 0 radical (unpaired) electrons. The molecule has 0 aliphatic carbocycles. The predicted molar refractivity (Wildman–Crippen MR) is 112 cm³/mol. The highest BCUT2D eigenvalue weighted by molar-refractivity contribution is 5.53. The van der Waals surface area contributed by atoms with Gasteiger partial charge < -0.3 is 19.1 Å². The van der Waals surface area contributed by atoms with Crippen molar-refractivity contribution >= 4 is 11.5 Å². The van der Waals surface area contributed by atoms with Gasteiger partial charge in [-0.25, -0.2) is 4.98 Å². The molecule has 2 aliphatic rings. The van der Waals surface area contributed by atoms with Crippen LogP contribution in [0.2, 0.25) is 0 Å². The lowest BCUT2D eigenvalue weighted by Gasteiger charge is -2.39. The van der Waals surface area contributed by atoms with Gasteiger partial charge in [0.25, 0.3) is 5.56 Å². The first kappa shape index (κ1) is 14.7. The van der Waals surface area contributed by atoms with Gasteiger partial charge in [-0.05, 0) is 37.6 Å². The molecule has 30 heavy (non-hydrogen) atoms. The highest BCUT2D eigenvalue weighted by Crippen LogP contribution is 2.35. The molecule has 1 aromatic carbocycles. The van der Waals surface area contributed by atoms with Gasteiger partial charge >= 0.3 is 0 Å². The molecule has 0 N–H and O–H groups in total. The first-order valence-electron chi connectivity index (χ1n) is 11.9. The van der Waals surface area contributed by atoms with Crippen LogP contribution in [0.1, 0.15) is 30.8 Å². The van der Waals surface area contributed by atoms with Crippen molar-refractivity contribution in [2.75, 3.05) is 24.6 Å². The lowest BCUT2D eigenvalue weighted by atomic mass is 10.00. The Hall–Kier alpha value is -3.29. The molecule has 0 bridgehead atoms. The van der Waals surface area contributed by atoms with E-state index in [2.05, 4.69) is 21.9 Å². The third-order valence-corrected chi connectivity index (χ3v) is 5.42. The molecule has 2 aliphatic heterocycles. The van der Waals surface area contributed by atoms with Crippen LogP contribution >= 0.6 is 0 Å².